The third-order valence-electron chi connectivity index (χ3n) is 3.32. The minimum Gasteiger partial charge on any atom is -0.508 e. The standard InChI is InChI=1S/C13H17N3O5/c1-2-14-11-7-21-6-9(11)13(18)15-10-4-3-8(17)5-12(10)16(19)20/h3-5,9,11,14,17H,2,6-7H2,1H3,(H,15,18). The number of hydrogen-bond acceptors (Lipinski definition) is 6. The van der Waals surface area contributed by atoms with Gasteiger partial charge in [0.15, 0.2) is 0 Å². The fraction of sp³-hybridized carbons (Fsp3) is 0.462. The molecule has 0 radical (unpaired) electrons. The highest BCUT2D eigenvalue weighted by atomic mass is 16.6. The zero-order chi connectivity index (χ0) is 15.4. The Balaban J connectivity index is 2.14. The van der Waals surface area contributed by atoms with Crippen molar-refractivity contribution in [3.63, 3.8) is 0 Å². The van der Waals surface area contributed by atoms with Crippen LogP contribution in [0.15, 0.2) is 18.2 Å². The van der Waals surface area contributed by atoms with Crippen LogP contribution in [0.5, 0.6) is 5.75 Å². The molecule has 0 spiro atoms. The van der Waals surface area contributed by atoms with Crippen LogP contribution in [0.3, 0.4) is 0 Å². The number of anilines is 1. The van der Waals surface area contributed by atoms with Crippen LogP contribution in [0, 0.1) is 16.0 Å². The number of nitro benzene ring substituents is 1. The lowest BCUT2D eigenvalue weighted by Crippen LogP contribution is -2.41. The monoisotopic (exact) mass is 295 g/mol. The summed E-state index contributed by atoms with van der Waals surface area (Å²) in [5, 5.41) is 25.9. The molecule has 8 nitrogen and oxygen atoms in total. The largest absolute Gasteiger partial charge is 0.508 e. The lowest BCUT2D eigenvalue weighted by molar-refractivity contribution is -0.384. The lowest BCUT2D eigenvalue weighted by atomic mass is 10.0. The third kappa shape index (κ3) is 3.47. The molecule has 114 valence electrons. The lowest BCUT2D eigenvalue weighted by Gasteiger charge is -2.17. The maximum absolute atomic E-state index is 12.2. The number of phenolic OH excluding ortho intramolecular Hbond substituents is 1. The zero-order valence-corrected chi connectivity index (χ0v) is 11.5. The number of likely N-dealkylation sites (N-methyl/N-ethyl adjacent to an activating group) is 1. The van der Waals surface area contributed by atoms with Gasteiger partial charge in [-0.15, -0.1) is 0 Å². The van der Waals surface area contributed by atoms with Gasteiger partial charge in [0.2, 0.25) is 5.91 Å². The van der Waals surface area contributed by atoms with Crippen molar-refractivity contribution in [3.8, 4) is 5.75 Å². The number of carbonyl (C=O) groups excluding carboxylic acids is 1. The average Bonchev–Trinajstić information content (AvgIpc) is 2.89. The van der Waals surface area contributed by atoms with E-state index in [1.807, 2.05) is 6.92 Å². The van der Waals surface area contributed by atoms with Crippen molar-refractivity contribution in [3.05, 3.63) is 28.3 Å². The predicted molar refractivity (Wildman–Crippen MR) is 75.2 cm³/mol. The molecular weight excluding hydrogens is 278 g/mol. The van der Waals surface area contributed by atoms with Crippen LogP contribution in [-0.2, 0) is 9.53 Å². The van der Waals surface area contributed by atoms with Gasteiger partial charge in [-0.05, 0) is 18.7 Å². The number of benzene rings is 1. The second kappa shape index (κ2) is 6.51. The van der Waals surface area contributed by atoms with Crippen molar-refractivity contribution in [1.82, 2.24) is 5.32 Å². The Hall–Kier alpha value is -2.19. The van der Waals surface area contributed by atoms with E-state index in [0.29, 0.717) is 13.2 Å². The Kier molecular flexibility index (Phi) is 4.71. The van der Waals surface area contributed by atoms with E-state index in [0.717, 1.165) is 6.07 Å². The molecule has 1 saturated heterocycles. The zero-order valence-electron chi connectivity index (χ0n) is 11.5. The fourth-order valence-electron chi connectivity index (χ4n) is 2.28. The van der Waals surface area contributed by atoms with E-state index in [1.54, 1.807) is 0 Å². The molecule has 8 heteroatoms. The maximum Gasteiger partial charge on any atom is 0.296 e. The van der Waals surface area contributed by atoms with Crippen LogP contribution in [-0.4, -0.2) is 41.7 Å². The van der Waals surface area contributed by atoms with Gasteiger partial charge in [-0.3, -0.25) is 14.9 Å². The number of aromatic hydroxyl groups is 1. The van der Waals surface area contributed by atoms with Gasteiger partial charge in [0.1, 0.15) is 11.4 Å². The molecule has 0 aromatic heterocycles. The Morgan fingerprint density at radius 1 is 1.52 bits per heavy atom. The minimum atomic E-state index is -0.651. The van der Waals surface area contributed by atoms with Gasteiger partial charge in [0.05, 0.1) is 30.1 Å². The van der Waals surface area contributed by atoms with Crippen LogP contribution in [0.25, 0.3) is 0 Å². The van der Waals surface area contributed by atoms with Crippen LogP contribution in [0.1, 0.15) is 6.92 Å². The highest BCUT2D eigenvalue weighted by Crippen LogP contribution is 2.29. The van der Waals surface area contributed by atoms with Crippen LogP contribution < -0.4 is 10.6 Å². The SMILES string of the molecule is CCNC1COCC1C(=O)Nc1ccc(O)cc1[N+](=O)[O-]. The molecule has 3 N–H and O–H groups in total. The van der Waals surface area contributed by atoms with Crippen molar-refractivity contribution in [2.24, 2.45) is 5.92 Å². The Bertz CT molecular complexity index is 549. The van der Waals surface area contributed by atoms with Gasteiger partial charge in [-0.25, -0.2) is 0 Å². The highest BCUT2D eigenvalue weighted by molar-refractivity contribution is 5.95. The van der Waals surface area contributed by atoms with Crippen LogP contribution in [0.4, 0.5) is 11.4 Å². The van der Waals surface area contributed by atoms with Crippen molar-refractivity contribution in [1.29, 1.82) is 0 Å². The molecule has 1 fully saturated rings. The summed E-state index contributed by atoms with van der Waals surface area (Å²) in [6, 6.07) is 3.49. The molecule has 0 aliphatic carbocycles. The molecule has 2 rings (SSSR count). The molecule has 2 unspecified atom stereocenters. The summed E-state index contributed by atoms with van der Waals surface area (Å²) in [4.78, 5) is 22.5. The van der Waals surface area contributed by atoms with Crippen molar-refractivity contribution < 1.29 is 19.6 Å². The maximum atomic E-state index is 12.2. The summed E-state index contributed by atoms with van der Waals surface area (Å²) < 4.78 is 5.28. The molecular formula is C13H17N3O5. The van der Waals surface area contributed by atoms with Crippen molar-refractivity contribution >= 4 is 17.3 Å². The molecule has 1 aromatic rings. The molecule has 1 aromatic carbocycles. The fourth-order valence-corrected chi connectivity index (χ4v) is 2.28. The average molecular weight is 295 g/mol. The Morgan fingerprint density at radius 3 is 2.95 bits per heavy atom. The van der Waals surface area contributed by atoms with Gasteiger partial charge in [-0.1, -0.05) is 6.92 Å². The quantitative estimate of drug-likeness (QED) is 0.422. The van der Waals surface area contributed by atoms with E-state index in [9.17, 15) is 20.0 Å². The molecule has 2 atom stereocenters. The summed E-state index contributed by atoms with van der Waals surface area (Å²) in [7, 11) is 0. The molecule has 1 amide bonds. The normalized spacial score (nSPS) is 21.2. The number of ether oxygens (including phenoxy) is 1. The van der Waals surface area contributed by atoms with E-state index < -0.39 is 10.8 Å². The summed E-state index contributed by atoms with van der Waals surface area (Å²) in [5.41, 5.74) is -0.285. The molecule has 0 bridgehead atoms. The number of nitrogens with zero attached hydrogens (tertiary/aromatic N) is 1. The number of rotatable bonds is 5. The van der Waals surface area contributed by atoms with Crippen molar-refractivity contribution in [2.45, 2.75) is 13.0 Å². The van der Waals surface area contributed by atoms with Gasteiger partial charge < -0.3 is 20.5 Å². The topological polar surface area (TPSA) is 114 Å². The van der Waals surface area contributed by atoms with E-state index in [4.69, 9.17) is 4.74 Å². The van der Waals surface area contributed by atoms with E-state index in [-0.39, 0.29) is 35.7 Å². The first-order chi connectivity index (χ1) is 10.0. The molecule has 21 heavy (non-hydrogen) atoms. The predicted octanol–water partition coefficient (Wildman–Crippen LogP) is 0.863. The summed E-state index contributed by atoms with van der Waals surface area (Å²) in [6.07, 6.45) is 0. The van der Waals surface area contributed by atoms with Gasteiger partial charge in [-0.2, -0.15) is 0 Å². The number of phenols is 1. The number of amides is 1. The molecule has 1 aliphatic rings. The van der Waals surface area contributed by atoms with Crippen molar-refractivity contribution in [2.75, 3.05) is 25.1 Å². The summed E-state index contributed by atoms with van der Waals surface area (Å²) in [5.74, 6) is -0.972. The second-order valence-electron chi connectivity index (χ2n) is 4.76. The van der Waals surface area contributed by atoms with Crippen LogP contribution >= 0.6 is 0 Å². The van der Waals surface area contributed by atoms with Gasteiger partial charge in [0.25, 0.3) is 5.69 Å². The van der Waals surface area contributed by atoms with E-state index in [1.165, 1.54) is 12.1 Å². The molecule has 1 heterocycles. The molecule has 1 aliphatic heterocycles. The Morgan fingerprint density at radius 2 is 2.29 bits per heavy atom. The number of carbonyl (C=O) groups is 1. The first kappa shape index (κ1) is 15.2. The third-order valence-corrected chi connectivity index (χ3v) is 3.32. The number of nitro groups is 1. The first-order valence-electron chi connectivity index (χ1n) is 6.62. The highest BCUT2D eigenvalue weighted by Gasteiger charge is 2.34. The summed E-state index contributed by atoms with van der Waals surface area (Å²) >= 11 is 0. The number of nitrogens with one attached hydrogen (secondary N) is 2. The summed E-state index contributed by atoms with van der Waals surface area (Å²) in [6.45, 7) is 3.34. The van der Waals surface area contributed by atoms with E-state index in [2.05, 4.69) is 10.6 Å². The second-order valence-corrected chi connectivity index (χ2v) is 4.76. The van der Waals surface area contributed by atoms with E-state index >= 15 is 0 Å². The molecule has 0 saturated carbocycles. The smallest absolute Gasteiger partial charge is 0.296 e. The van der Waals surface area contributed by atoms with Gasteiger partial charge in [0, 0.05) is 6.04 Å². The van der Waals surface area contributed by atoms with Crippen LogP contribution in [0.2, 0.25) is 0 Å². The first-order valence-corrected chi connectivity index (χ1v) is 6.62. The number of hydrogen-bond donors (Lipinski definition) is 3. The van der Waals surface area contributed by atoms with Gasteiger partial charge >= 0.3 is 0 Å². The minimum absolute atomic E-state index is 0.0601. The Labute approximate surface area is 121 Å².